The smallest absolute Gasteiger partial charge is 0.266 e. The molecule has 2 aromatic carbocycles. The minimum absolute atomic E-state index is 0.200. The van der Waals surface area contributed by atoms with E-state index in [2.05, 4.69) is 4.72 Å². The number of para-hydroxylation sites is 1. The summed E-state index contributed by atoms with van der Waals surface area (Å²) in [4.78, 5) is 0.200. The Hall–Kier alpha value is -2.01. The SMILES string of the molecule is COc1cccc2c1S(=O)(=O)Nc1ccccc1-2. The van der Waals surface area contributed by atoms with Crippen LogP contribution in [-0.2, 0) is 10.0 Å². The predicted molar refractivity (Wildman–Crippen MR) is 69.2 cm³/mol. The maximum Gasteiger partial charge on any atom is 0.266 e. The van der Waals surface area contributed by atoms with E-state index in [1.807, 2.05) is 12.1 Å². The van der Waals surface area contributed by atoms with Crippen molar-refractivity contribution in [3.05, 3.63) is 42.5 Å². The van der Waals surface area contributed by atoms with E-state index in [9.17, 15) is 8.42 Å². The van der Waals surface area contributed by atoms with Gasteiger partial charge in [-0.05, 0) is 12.1 Å². The average Bonchev–Trinajstić information content (AvgIpc) is 2.37. The van der Waals surface area contributed by atoms with Gasteiger partial charge in [0.05, 0.1) is 12.8 Å². The Bertz CT molecular complexity index is 723. The number of nitrogens with one attached hydrogen (secondary N) is 1. The quantitative estimate of drug-likeness (QED) is 0.858. The average molecular weight is 261 g/mol. The molecular formula is C13H11NO3S. The van der Waals surface area contributed by atoms with Gasteiger partial charge in [0, 0.05) is 11.1 Å². The van der Waals surface area contributed by atoms with Crippen molar-refractivity contribution in [1.29, 1.82) is 0 Å². The van der Waals surface area contributed by atoms with Gasteiger partial charge in [0.1, 0.15) is 10.6 Å². The Balaban J connectivity index is 2.42. The Morgan fingerprint density at radius 1 is 1.00 bits per heavy atom. The van der Waals surface area contributed by atoms with E-state index in [0.717, 1.165) is 5.56 Å². The minimum atomic E-state index is -3.57. The first-order valence-corrected chi connectivity index (χ1v) is 6.91. The van der Waals surface area contributed by atoms with Crippen LogP contribution in [-0.4, -0.2) is 15.5 Å². The van der Waals surface area contributed by atoms with E-state index in [4.69, 9.17) is 4.74 Å². The summed E-state index contributed by atoms with van der Waals surface area (Å²) in [6, 6.07) is 12.5. The van der Waals surface area contributed by atoms with E-state index in [0.29, 0.717) is 17.0 Å². The fourth-order valence-corrected chi connectivity index (χ4v) is 3.62. The molecular weight excluding hydrogens is 250 g/mol. The summed E-state index contributed by atoms with van der Waals surface area (Å²) >= 11 is 0. The Morgan fingerprint density at radius 2 is 1.72 bits per heavy atom. The number of fused-ring (bicyclic) bond motifs is 3. The predicted octanol–water partition coefficient (Wildman–Crippen LogP) is 2.48. The number of hydrogen-bond acceptors (Lipinski definition) is 3. The van der Waals surface area contributed by atoms with E-state index in [1.54, 1.807) is 30.3 Å². The van der Waals surface area contributed by atoms with Crippen LogP contribution in [0.4, 0.5) is 5.69 Å². The molecule has 0 saturated heterocycles. The van der Waals surface area contributed by atoms with Gasteiger partial charge in [-0.2, -0.15) is 0 Å². The molecule has 1 heterocycles. The number of anilines is 1. The number of methoxy groups -OCH3 is 1. The van der Waals surface area contributed by atoms with Gasteiger partial charge in [-0.25, -0.2) is 8.42 Å². The van der Waals surface area contributed by atoms with Gasteiger partial charge in [-0.3, -0.25) is 4.72 Å². The molecule has 0 spiro atoms. The van der Waals surface area contributed by atoms with E-state index in [1.165, 1.54) is 7.11 Å². The summed E-state index contributed by atoms with van der Waals surface area (Å²) in [5, 5.41) is 0. The molecule has 5 heteroatoms. The monoisotopic (exact) mass is 261 g/mol. The molecule has 0 unspecified atom stereocenters. The van der Waals surface area contributed by atoms with Crippen molar-refractivity contribution in [2.24, 2.45) is 0 Å². The highest BCUT2D eigenvalue weighted by Gasteiger charge is 2.30. The molecule has 4 nitrogen and oxygen atoms in total. The minimum Gasteiger partial charge on any atom is -0.495 e. The summed E-state index contributed by atoms with van der Waals surface area (Å²) in [6.07, 6.45) is 0. The number of sulfonamides is 1. The highest BCUT2D eigenvalue weighted by molar-refractivity contribution is 7.93. The van der Waals surface area contributed by atoms with Gasteiger partial charge in [-0.1, -0.05) is 30.3 Å². The molecule has 1 aliphatic rings. The second-order valence-electron chi connectivity index (χ2n) is 3.99. The lowest BCUT2D eigenvalue weighted by Crippen LogP contribution is -2.19. The summed E-state index contributed by atoms with van der Waals surface area (Å²) in [5.74, 6) is 0.356. The summed E-state index contributed by atoms with van der Waals surface area (Å²) in [6.45, 7) is 0. The third kappa shape index (κ3) is 1.48. The van der Waals surface area contributed by atoms with Crippen LogP contribution in [0.5, 0.6) is 5.75 Å². The Morgan fingerprint density at radius 3 is 2.50 bits per heavy atom. The zero-order chi connectivity index (χ0) is 12.8. The van der Waals surface area contributed by atoms with Crippen LogP contribution in [0.15, 0.2) is 47.4 Å². The van der Waals surface area contributed by atoms with Gasteiger partial charge < -0.3 is 4.74 Å². The molecule has 0 amide bonds. The maximum absolute atomic E-state index is 12.2. The fourth-order valence-electron chi connectivity index (χ4n) is 2.17. The molecule has 1 N–H and O–H groups in total. The first-order chi connectivity index (χ1) is 8.63. The number of rotatable bonds is 1. The molecule has 0 aromatic heterocycles. The number of ether oxygens (including phenoxy) is 1. The maximum atomic E-state index is 12.2. The van der Waals surface area contributed by atoms with Crippen molar-refractivity contribution in [2.45, 2.75) is 4.90 Å². The van der Waals surface area contributed by atoms with Gasteiger partial charge >= 0.3 is 0 Å². The first-order valence-electron chi connectivity index (χ1n) is 5.43. The molecule has 92 valence electrons. The Labute approximate surface area is 105 Å². The highest BCUT2D eigenvalue weighted by atomic mass is 32.2. The lowest BCUT2D eigenvalue weighted by atomic mass is 10.0. The molecule has 0 saturated carbocycles. The third-order valence-corrected chi connectivity index (χ3v) is 4.38. The zero-order valence-electron chi connectivity index (χ0n) is 9.67. The molecule has 0 radical (unpaired) electrons. The van der Waals surface area contributed by atoms with E-state index < -0.39 is 10.0 Å². The van der Waals surface area contributed by atoms with Crippen LogP contribution in [0.2, 0.25) is 0 Å². The van der Waals surface area contributed by atoms with Crippen molar-refractivity contribution in [2.75, 3.05) is 11.8 Å². The fraction of sp³-hybridized carbons (Fsp3) is 0.0769. The van der Waals surface area contributed by atoms with Crippen molar-refractivity contribution in [1.82, 2.24) is 0 Å². The molecule has 3 rings (SSSR count). The molecule has 0 fully saturated rings. The molecule has 2 aromatic rings. The number of hydrogen-bond donors (Lipinski definition) is 1. The molecule has 18 heavy (non-hydrogen) atoms. The second kappa shape index (κ2) is 3.74. The summed E-state index contributed by atoms with van der Waals surface area (Å²) < 4.78 is 32.2. The summed E-state index contributed by atoms with van der Waals surface area (Å²) in [5.41, 5.74) is 2.13. The number of benzene rings is 2. The van der Waals surface area contributed by atoms with E-state index >= 15 is 0 Å². The normalized spacial score (nSPS) is 15.2. The molecule has 0 aliphatic carbocycles. The van der Waals surface area contributed by atoms with Crippen molar-refractivity contribution < 1.29 is 13.2 Å². The van der Waals surface area contributed by atoms with Gasteiger partial charge in [0.25, 0.3) is 10.0 Å². The highest BCUT2D eigenvalue weighted by Crippen LogP contribution is 2.42. The van der Waals surface area contributed by atoms with Crippen molar-refractivity contribution in [3.63, 3.8) is 0 Å². The van der Waals surface area contributed by atoms with Crippen molar-refractivity contribution >= 4 is 15.7 Å². The first kappa shape index (κ1) is 11.1. The standard InChI is InChI=1S/C13H11NO3S/c1-17-12-8-4-6-10-9-5-2-3-7-11(9)14-18(15,16)13(10)12/h2-8,14H,1H3. The lowest BCUT2D eigenvalue weighted by Gasteiger charge is -2.22. The molecule has 0 bridgehead atoms. The van der Waals surface area contributed by atoms with Crippen LogP contribution >= 0.6 is 0 Å². The van der Waals surface area contributed by atoms with E-state index in [-0.39, 0.29) is 4.90 Å². The summed E-state index contributed by atoms with van der Waals surface area (Å²) in [7, 11) is -2.11. The zero-order valence-corrected chi connectivity index (χ0v) is 10.5. The van der Waals surface area contributed by atoms with Gasteiger partial charge in [0.15, 0.2) is 0 Å². The van der Waals surface area contributed by atoms with Crippen LogP contribution in [0, 0.1) is 0 Å². The van der Waals surface area contributed by atoms with Gasteiger partial charge in [0.2, 0.25) is 0 Å². The molecule has 0 atom stereocenters. The van der Waals surface area contributed by atoms with Crippen molar-refractivity contribution in [3.8, 4) is 16.9 Å². The topological polar surface area (TPSA) is 55.4 Å². The Kier molecular flexibility index (Phi) is 2.31. The third-order valence-electron chi connectivity index (χ3n) is 2.93. The largest absolute Gasteiger partial charge is 0.495 e. The van der Waals surface area contributed by atoms with Crippen LogP contribution in [0.1, 0.15) is 0 Å². The van der Waals surface area contributed by atoms with Crippen LogP contribution in [0.25, 0.3) is 11.1 Å². The van der Waals surface area contributed by atoms with Crippen LogP contribution < -0.4 is 9.46 Å². The lowest BCUT2D eigenvalue weighted by molar-refractivity contribution is 0.403. The van der Waals surface area contributed by atoms with Crippen LogP contribution in [0.3, 0.4) is 0 Å². The molecule has 1 aliphatic heterocycles. The second-order valence-corrected chi connectivity index (χ2v) is 5.61. The van der Waals surface area contributed by atoms with Gasteiger partial charge in [-0.15, -0.1) is 0 Å².